The molecule has 6 aromatic carbocycles. The number of ether oxygens (including phenoxy) is 7. The first-order valence-electron chi connectivity index (χ1n) is 16.3. The van der Waals surface area contributed by atoms with Crippen molar-refractivity contribution in [3.05, 3.63) is 144 Å². The van der Waals surface area contributed by atoms with E-state index >= 15 is 0 Å². The summed E-state index contributed by atoms with van der Waals surface area (Å²) in [5, 5.41) is 1.49. The molecule has 0 saturated heterocycles. The van der Waals surface area contributed by atoms with Crippen molar-refractivity contribution in [1.29, 1.82) is 0 Å². The number of benzene rings is 6. The lowest BCUT2D eigenvalue weighted by molar-refractivity contribution is 0.0518. The highest BCUT2D eigenvalue weighted by molar-refractivity contribution is 6.15. The van der Waals surface area contributed by atoms with E-state index in [1.165, 1.54) is 0 Å². The molecule has 50 heavy (non-hydrogen) atoms. The van der Waals surface area contributed by atoms with Gasteiger partial charge < -0.3 is 37.6 Å². The summed E-state index contributed by atoms with van der Waals surface area (Å²) >= 11 is 0. The third-order valence-corrected chi connectivity index (χ3v) is 8.44. The molecule has 0 bridgehead atoms. The second kappa shape index (κ2) is 14.2. The minimum atomic E-state index is -0.00602. The first-order valence-corrected chi connectivity index (χ1v) is 16.3. The fourth-order valence-electron chi connectivity index (χ4n) is 6.03. The van der Waals surface area contributed by atoms with E-state index in [0.717, 1.165) is 33.4 Å². The third-order valence-electron chi connectivity index (χ3n) is 8.44. The van der Waals surface area contributed by atoms with Gasteiger partial charge in [0.25, 0.3) is 0 Å². The monoisotopic (exact) mass is 666 g/mol. The predicted molar refractivity (Wildman–Crippen MR) is 190 cm³/mol. The fraction of sp³-hybridized carbons (Fsp3) is 0.143. The summed E-state index contributed by atoms with van der Waals surface area (Å²) in [6.07, 6.45) is 0. The van der Waals surface area contributed by atoms with Gasteiger partial charge in [-0.1, -0.05) is 103 Å². The Morgan fingerprint density at radius 3 is 1.74 bits per heavy atom. The van der Waals surface area contributed by atoms with Crippen molar-refractivity contribution in [3.63, 3.8) is 0 Å². The Morgan fingerprint density at radius 1 is 0.580 bits per heavy atom. The van der Waals surface area contributed by atoms with Crippen LogP contribution < -0.4 is 28.4 Å². The maximum atomic E-state index is 6.61. The van der Waals surface area contributed by atoms with Gasteiger partial charge in [0, 0.05) is 18.6 Å². The molecule has 0 atom stereocenters. The van der Waals surface area contributed by atoms with Crippen LogP contribution in [-0.2, 0) is 24.6 Å². The van der Waals surface area contributed by atoms with E-state index in [-0.39, 0.29) is 13.6 Å². The SMILES string of the molecule is COCOc1c(-c2ccc(OCc3ccccc3)cc2)c2c(c3c1oc1cc(OCc4ccccc4)c(OCc4ccccc4)cc13)OCO2. The van der Waals surface area contributed by atoms with E-state index < -0.39 is 0 Å². The minimum Gasteiger partial charge on any atom is -0.489 e. The molecule has 1 aliphatic heterocycles. The molecule has 0 aliphatic carbocycles. The third kappa shape index (κ3) is 6.36. The summed E-state index contributed by atoms with van der Waals surface area (Å²) in [6, 6.07) is 41.7. The average molecular weight is 667 g/mol. The van der Waals surface area contributed by atoms with Crippen LogP contribution in [-0.4, -0.2) is 20.7 Å². The van der Waals surface area contributed by atoms with Gasteiger partial charge in [-0.3, -0.25) is 0 Å². The highest BCUT2D eigenvalue weighted by atomic mass is 16.7. The Bertz CT molecular complexity index is 2210. The highest BCUT2D eigenvalue weighted by Gasteiger charge is 2.32. The summed E-state index contributed by atoms with van der Waals surface area (Å²) in [6.45, 7) is 1.23. The van der Waals surface area contributed by atoms with Gasteiger partial charge in [-0.15, -0.1) is 0 Å². The zero-order valence-corrected chi connectivity index (χ0v) is 27.4. The highest BCUT2D eigenvalue weighted by Crippen LogP contribution is 2.56. The molecule has 8 nitrogen and oxygen atoms in total. The smallest absolute Gasteiger partial charge is 0.231 e. The van der Waals surface area contributed by atoms with Crippen molar-refractivity contribution in [2.24, 2.45) is 0 Å². The van der Waals surface area contributed by atoms with Crippen molar-refractivity contribution in [2.75, 3.05) is 20.7 Å². The molecule has 0 amide bonds. The van der Waals surface area contributed by atoms with E-state index in [9.17, 15) is 0 Å². The molecule has 0 N–H and O–H groups in total. The molecular weight excluding hydrogens is 632 g/mol. The number of fused-ring (bicyclic) bond motifs is 5. The number of methoxy groups -OCH3 is 1. The Hall–Kier alpha value is -6.12. The zero-order chi connectivity index (χ0) is 33.7. The van der Waals surface area contributed by atoms with Gasteiger partial charge in [-0.05, 0) is 40.5 Å². The van der Waals surface area contributed by atoms with Crippen LogP contribution in [0.25, 0.3) is 33.1 Å². The molecule has 0 saturated carbocycles. The standard InChI is InChI=1S/C42H34O8/c1-43-26-47-40-37(31-17-19-32(20-18-31)44-23-28-11-5-2-6-12-28)39-41(49-27-48-39)38-33-21-35(45-24-29-13-7-3-8-14-29)36(22-34(33)50-42(38)40)46-25-30-15-9-4-10-16-30/h2-22H,23-27H2,1H3. The topological polar surface area (TPSA) is 77.8 Å². The summed E-state index contributed by atoms with van der Waals surface area (Å²) in [5.74, 6) is 3.45. The van der Waals surface area contributed by atoms with E-state index in [4.69, 9.17) is 37.6 Å². The Morgan fingerprint density at radius 2 is 1.14 bits per heavy atom. The number of hydrogen-bond acceptors (Lipinski definition) is 8. The lowest BCUT2D eigenvalue weighted by Crippen LogP contribution is -2.02. The quantitative estimate of drug-likeness (QED) is 0.113. The molecule has 0 radical (unpaired) electrons. The fourth-order valence-corrected chi connectivity index (χ4v) is 6.03. The molecule has 8 heteroatoms. The maximum Gasteiger partial charge on any atom is 0.231 e. The normalized spacial score (nSPS) is 11.9. The molecule has 7 aromatic rings. The van der Waals surface area contributed by atoms with Gasteiger partial charge in [-0.2, -0.15) is 0 Å². The summed E-state index contributed by atoms with van der Waals surface area (Å²) in [5.41, 5.74) is 5.76. The van der Waals surface area contributed by atoms with E-state index in [1.807, 2.05) is 127 Å². The minimum absolute atomic E-state index is 0.00602. The zero-order valence-electron chi connectivity index (χ0n) is 27.4. The van der Waals surface area contributed by atoms with Crippen LogP contribution >= 0.6 is 0 Å². The van der Waals surface area contributed by atoms with Crippen LogP contribution in [0, 0.1) is 0 Å². The second-order valence-corrected chi connectivity index (χ2v) is 11.8. The molecule has 0 spiro atoms. The maximum absolute atomic E-state index is 6.61. The van der Waals surface area contributed by atoms with Crippen LogP contribution in [0.1, 0.15) is 16.7 Å². The van der Waals surface area contributed by atoms with E-state index in [1.54, 1.807) is 7.11 Å². The van der Waals surface area contributed by atoms with E-state index in [0.29, 0.717) is 70.7 Å². The first-order chi connectivity index (χ1) is 24.7. The lowest BCUT2D eigenvalue weighted by Gasteiger charge is -2.15. The van der Waals surface area contributed by atoms with Gasteiger partial charge in [0.1, 0.15) is 31.2 Å². The molecule has 2 heterocycles. The predicted octanol–water partition coefficient (Wildman–Crippen LogP) is 9.70. The van der Waals surface area contributed by atoms with E-state index in [2.05, 4.69) is 0 Å². The number of furan rings is 1. The molecule has 1 aliphatic rings. The van der Waals surface area contributed by atoms with Crippen molar-refractivity contribution in [1.82, 2.24) is 0 Å². The van der Waals surface area contributed by atoms with Crippen molar-refractivity contribution in [3.8, 4) is 45.6 Å². The Labute approximate surface area is 289 Å². The van der Waals surface area contributed by atoms with Crippen molar-refractivity contribution < 1.29 is 37.6 Å². The van der Waals surface area contributed by atoms with Gasteiger partial charge in [0.15, 0.2) is 41.1 Å². The van der Waals surface area contributed by atoms with Gasteiger partial charge in [-0.25, -0.2) is 0 Å². The van der Waals surface area contributed by atoms with Gasteiger partial charge in [0.2, 0.25) is 6.79 Å². The molecule has 0 fully saturated rings. The Balaban J connectivity index is 1.22. The lowest BCUT2D eigenvalue weighted by atomic mass is 9.99. The van der Waals surface area contributed by atoms with Crippen LogP contribution in [0.3, 0.4) is 0 Å². The van der Waals surface area contributed by atoms with Crippen molar-refractivity contribution in [2.45, 2.75) is 19.8 Å². The first kappa shape index (κ1) is 31.2. The van der Waals surface area contributed by atoms with Gasteiger partial charge in [0.05, 0.1) is 10.9 Å². The second-order valence-electron chi connectivity index (χ2n) is 11.8. The van der Waals surface area contributed by atoms with Crippen LogP contribution in [0.15, 0.2) is 132 Å². The number of hydrogen-bond donors (Lipinski definition) is 0. The Kier molecular flexibility index (Phi) is 8.83. The summed E-state index contributed by atoms with van der Waals surface area (Å²) in [4.78, 5) is 0. The van der Waals surface area contributed by atoms with Crippen molar-refractivity contribution >= 4 is 21.9 Å². The summed E-state index contributed by atoms with van der Waals surface area (Å²) in [7, 11) is 1.58. The van der Waals surface area contributed by atoms with Crippen LogP contribution in [0.5, 0.6) is 34.5 Å². The molecule has 8 rings (SSSR count). The van der Waals surface area contributed by atoms with Gasteiger partial charge >= 0.3 is 0 Å². The average Bonchev–Trinajstić information content (AvgIpc) is 3.80. The van der Waals surface area contributed by atoms with Crippen LogP contribution in [0.2, 0.25) is 0 Å². The molecule has 1 aromatic heterocycles. The van der Waals surface area contributed by atoms with Crippen LogP contribution in [0.4, 0.5) is 0 Å². The molecule has 250 valence electrons. The molecular formula is C42H34O8. The summed E-state index contributed by atoms with van der Waals surface area (Å²) < 4.78 is 49.3. The number of rotatable bonds is 13. The largest absolute Gasteiger partial charge is 0.489 e. The molecule has 0 unspecified atom stereocenters.